The molecule has 2 atom stereocenters. The summed E-state index contributed by atoms with van der Waals surface area (Å²) in [4.78, 5) is 12.4. The van der Waals surface area contributed by atoms with Crippen molar-refractivity contribution in [3.05, 3.63) is 0 Å². The zero-order valence-corrected chi connectivity index (χ0v) is 10.7. The summed E-state index contributed by atoms with van der Waals surface area (Å²) in [5.41, 5.74) is 5.24. The van der Waals surface area contributed by atoms with Crippen molar-refractivity contribution < 1.29 is 9.90 Å². The van der Waals surface area contributed by atoms with Gasteiger partial charge in [0.05, 0.1) is 17.6 Å². The predicted octanol–water partition coefficient (Wildman–Crippen LogP) is 0.925. The Morgan fingerprint density at radius 3 is 2.47 bits per heavy atom. The minimum absolute atomic E-state index is 0.0402. The highest BCUT2D eigenvalue weighted by Gasteiger charge is 2.46. The highest BCUT2D eigenvalue weighted by atomic mass is 16.3. The summed E-state index contributed by atoms with van der Waals surface area (Å²) < 4.78 is 0. The lowest BCUT2D eigenvalue weighted by Gasteiger charge is -2.35. The van der Waals surface area contributed by atoms with Gasteiger partial charge < -0.3 is 16.2 Å². The number of carbonyl (C=O) groups is 1. The first kappa shape index (κ1) is 12.8. The molecule has 0 aromatic rings. The van der Waals surface area contributed by atoms with Crippen LogP contribution in [0.5, 0.6) is 0 Å². The minimum atomic E-state index is -0.440. The van der Waals surface area contributed by atoms with Crippen molar-refractivity contribution >= 4 is 5.91 Å². The maximum Gasteiger partial charge on any atom is 0.228 e. The van der Waals surface area contributed by atoms with E-state index < -0.39 is 5.41 Å². The van der Waals surface area contributed by atoms with Crippen LogP contribution in [0.2, 0.25) is 0 Å². The molecule has 0 spiro atoms. The third kappa shape index (κ3) is 2.20. The molecule has 4 N–H and O–H groups in total. The third-order valence-corrected chi connectivity index (χ3v) is 4.79. The smallest absolute Gasteiger partial charge is 0.228 e. The number of hydrogen-bond donors (Lipinski definition) is 3. The van der Waals surface area contributed by atoms with Crippen molar-refractivity contribution in [1.82, 2.24) is 5.32 Å². The fraction of sp³-hybridized carbons (Fsp3) is 0.923. The number of carbonyl (C=O) groups excluding carboxylic acids is 1. The SMILES string of the molecule is CC1(C(=O)NC2(CO)CCCC2)CCCC1N. The van der Waals surface area contributed by atoms with Crippen molar-refractivity contribution in [2.24, 2.45) is 11.1 Å². The fourth-order valence-electron chi connectivity index (χ4n) is 3.23. The van der Waals surface area contributed by atoms with Gasteiger partial charge in [0, 0.05) is 6.04 Å². The average molecular weight is 240 g/mol. The van der Waals surface area contributed by atoms with Crippen LogP contribution in [-0.4, -0.2) is 29.2 Å². The zero-order valence-electron chi connectivity index (χ0n) is 10.7. The van der Waals surface area contributed by atoms with Crippen LogP contribution in [0.25, 0.3) is 0 Å². The molecule has 4 heteroatoms. The van der Waals surface area contributed by atoms with Gasteiger partial charge in [-0.15, -0.1) is 0 Å². The predicted molar refractivity (Wildman–Crippen MR) is 66.4 cm³/mol. The lowest BCUT2D eigenvalue weighted by Crippen LogP contribution is -2.56. The van der Waals surface area contributed by atoms with Gasteiger partial charge in [0.15, 0.2) is 0 Å². The third-order valence-electron chi connectivity index (χ3n) is 4.79. The summed E-state index contributed by atoms with van der Waals surface area (Å²) in [6.45, 7) is 2.00. The summed E-state index contributed by atoms with van der Waals surface area (Å²) in [6.07, 6.45) is 6.77. The first-order chi connectivity index (χ1) is 8.02. The normalized spacial score (nSPS) is 36.1. The molecule has 4 nitrogen and oxygen atoms in total. The molecule has 1 amide bonds. The molecule has 2 saturated carbocycles. The quantitative estimate of drug-likeness (QED) is 0.687. The van der Waals surface area contributed by atoms with Crippen LogP contribution >= 0.6 is 0 Å². The van der Waals surface area contributed by atoms with E-state index in [0.717, 1.165) is 44.9 Å². The van der Waals surface area contributed by atoms with Crippen LogP contribution in [0.3, 0.4) is 0 Å². The van der Waals surface area contributed by atoms with E-state index in [1.54, 1.807) is 0 Å². The van der Waals surface area contributed by atoms with Crippen molar-refractivity contribution in [3.63, 3.8) is 0 Å². The zero-order chi connectivity index (χ0) is 12.5. The molecule has 0 heterocycles. The van der Waals surface area contributed by atoms with Crippen LogP contribution in [0.4, 0.5) is 0 Å². The van der Waals surface area contributed by atoms with E-state index in [0.29, 0.717) is 0 Å². The van der Waals surface area contributed by atoms with Crippen LogP contribution in [-0.2, 0) is 4.79 Å². The number of aliphatic hydroxyl groups excluding tert-OH is 1. The largest absolute Gasteiger partial charge is 0.394 e. The van der Waals surface area contributed by atoms with Crippen LogP contribution in [0, 0.1) is 5.41 Å². The van der Waals surface area contributed by atoms with Gasteiger partial charge in [-0.3, -0.25) is 4.79 Å². The van der Waals surface area contributed by atoms with Gasteiger partial charge in [-0.2, -0.15) is 0 Å². The summed E-state index contributed by atoms with van der Waals surface area (Å²) in [5.74, 6) is 0.0402. The highest BCUT2D eigenvalue weighted by molar-refractivity contribution is 5.84. The number of aliphatic hydroxyl groups is 1. The molecule has 2 rings (SSSR count). The summed E-state index contributed by atoms with van der Waals surface area (Å²) in [6, 6.07) is -0.0420. The van der Waals surface area contributed by atoms with Gasteiger partial charge in [0.1, 0.15) is 0 Å². The molecule has 0 aliphatic heterocycles. The Bertz CT molecular complexity index is 300. The Hall–Kier alpha value is -0.610. The Kier molecular flexibility index (Phi) is 3.46. The Morgan fingerprint density at radius 1 is 1.35 bits per heavy atom. The van der Waals surface area contributed by atoms with Crippen LogP contribution in [0.1, 0.15) is 51.9 Å². The maximum atomic E-state index is 12.4. The first-order valence-corrected chi connectivity index (χ1v) is 6.71. The summed E-state index contributed by atoms with van der Waals surface area (Å²) >= 11 is 0. The van der Waals surface area contributed by atoms with Gasteiger partial charge in [-0.1, -0.05) is 19.3 Å². The molecular weight excluding hydrogens is 216 g/mol. The molecule has 0 radical (unpaired) electrons. The molecule has 0 saturated heterocycles. The molecule has 0 aromatic heterocycles. The Labute approximate surface area is 103 Å². The number of nitrogens with two attached hydrogens (primary N) is 1. The lowest BCUT2D eigenvalue weighted by molar-refractivity contribution is -0.133. The molecule has 98 valence electrons. The van der Waals surface area contributed by atoms with E-state index in [2.05, 4.69) is 5.32 Å². The van der Waals surface area contributed by atoms with Crippen molar-refractivity contribution in [3.8, 4) is 0 Å². The molecule has 2 aliphatic rings. The van der Waals surface area contributed by atoms with Gasteiger partial charge >= 0.3 is 0 Å². The van der Waals surface area contributed by atoms with Gasteiger partial charge in [-0.05, 0) is 32.6 Å². The molecule has 0 bridgehead atoms. The topological polar surface area (TPSA) is 75.3 Å². The van der Waals surface area contributed by atoms with Gasteiger partial charge in [0.25, 0.3) is 0 Å². The van der Waals surface area contributed by atoms with Crippen molar-refractivity contribution in [2.45, 2.75) is 63.5 Å². The highest BCUT2D eigenvalue weighted by Crippen LogP contribution is 2.38. The first-order valence-electron chi connectivity index (χ1n) is 6.71. The molecule has 2 fully saturated rings. The summed E-state index contributed by atoms with van der Waals surface area (Å²) in [7, 11) is 0. The Balaban J connectivity index is 2.05. The number of hydrogen-bond acceptors (Lipinski definition) is 3. The molecule has 2 unspecified atom stereocenters. The van der Waals surface area contributed by atoms with E-state index in [4.69, 9.17) is 5.73 Å². The Morgan fingerprint density at radius 2 is 2.00 bits per heavy atom. The van der Waals surface area contributed by atoms with Crippen LogP contribution in [0.15, 0.2) is 0 Å². The average Bonchev–Trinajstić information content (AvgIpc) is 2.89. The van der Waals surface area contributed by atoms with E-state index in [1.165, 1.54) is 0 Å². The summed E-state index contributed by atoms with van der Waals surface area (Å²) in [5, 5.41) is 12.6. The molecule has 17 heavy (non-hydrogen) atoms. The molecule has 0 aromatic carbocycles. The van der Waals surface area contributed by atoms with E-state index in [-0.39, 0.29) is 24.1 Å². The maximum absolute atomic E-state index is 12.4. The van der Waals surface area contributed by atoms with E-state index >= 15 is 0 Å². The second-order valence-corrected chi connectivity index (χ2v) is 6.02. The van der Waals surface area contributed by atoms with Gasteiger partial charge in [0.2, 0.25) is 5.91 Å². The van der Waals surface area contributed by atoms with E-state index in [1.807, 2.05) is 6.92 Å². The number of rotatable bonds is 3. The minimum Gasteiger partial charge on any atom is -0.394 e. The number of nitrogens with one attached hydrogen (secondary N) is 1. The standard InChI is InChI=1S/C13H24N2O2/c1-12(6-4-5-10(12)14)11(17)15-13(9-16)7-2-3-8-13/h10,16H,2-9,14H2,1H3,(H,15,17). The lowest BCUT2D eigenvalue weighted by atomic mass is 9.83. The monoisotopic (exact) mass is 240 g/mol. The van der Waals surface area contributed by atoms with Crippen LogP contribution < -0.4 is 11.1 Å². The second-order valence-electron chi connectivity index (χ2n) is 6.02. The van der Waals surface area contributed by atoms with E-state index in [9.17, 15) is 9.90 Å². The fourth-order valence-corrected chi connectivity index (χ4v) is 3.23. The molecule has 2 aliphatic carbocycles. The van der Waals surface area contributed by atoms with Crippen molar-refractivity contribution in [2.75, 3.05) is 6.61 Å². The van der Waals surface area contributed by atoms with Crippen molar-refractivity contribution in [1.29, 1.82) is 0 Å². The van der Waals surface area contributed by atoms with Gasteiger partial charge in [-0.25, -0.2) is 0 Å². The number of amides is 1. The second kappa shape index (κ2) is 4.58. The molecular formula is C13H24N2O2.